The van der Waals surface area contributed by atoms with E-state index in [1.165, 1.54) is 12.4 Å². The molecule has 0 atom stereocenters. The van der Waals surface area contributed by atoms with Gasteiger partial charge >= 0.3 is 6.01 Å². The van der Waals surface area contributed by atoms with E-state index < -0.39 is 0 Å². The number of hydrogen-bond acceptors (Lipinski definition) is 5. The van der Waals surface area contributed by atoms with Crippen LogP contribution in [0.4, 0.5) is 4.39 Å². The summed E-state index contributed by atoms with van der Waals surface area (Å²) in [5.74, 6) is -0.0801. The number of hydrogen-bond donors (Lipinski definition) is 0. The van der Waals surface area contributed by atoms with E-state index in [2.05, 4.69) is 19.9 Å². The monoisotopic (exact) mass is 305 g/mol. The molecule has 3 aromatic rings. The molecule has 0 N–H and O–H groups in total. The largest absolute Gasteiger partial charge is 0.458 e. The first-order valence-corrected chi connectivity index (χ1v) is 6.36. The summed E-state index contributed by atoms with van der Waals surface area (Å²) in [5.41, 5.74) is 0.401. The molecular weight excluding hydrogens is 297 g/mol. The third-order valence-electron chi connectivity index (χ3n) is 2.63. The number of ether oxygens (including phenoxy) is 1. The van der Waals surface area contributed by atoms with Gasteiger partial charge in [-0.3, -0.25) is 4.57 Å². The molecule has 0 spiro atoms. The van der Waals surface area contributed by atoms with Gasteiger partial charge in [0, 0.05) is 18.0 Å². The molecule has 0 aliphatic heterocycles. The highest BCUT2D eigenvalue weighted by atomic mass is 35.5. The highest BCUT2D eigenvalue weighted by Crippen LogP contribution is 2.14. The first-order chi connectivity index (χ1) is 10.2. The van der Waals surface area contributed by atoms with Crippen molar-refractivity contribution >= 4 is 11.6 Å². The number of halogens is 2. The summed E-state index contributed by atoms with van der Waals surface area (Å²) in [6, 6.07) is 6.32. The molecular formula is C13H9ClFN5O. The molecule has 3 rings (SSSR count). The maximum atomic E-state index is 13.5. The molecule has 0 bridgehead atoms. The smallest absolute Gasteiger partial charge is 0.322 e. The normalized spacial score (nSPS) is 10.6. The topological polar surface area (TPSA) is 65.7 Å². The van der Waals surface area contributed by atoms with E-state index in [0.717, 1.165) is 0 Å². The van der Waals surface area contributed by atoms with Gasteiger partial charge < -0.3 is 4.74 Å². The molecule has 1 aromatic carbocycles. The zero-order chi connectivity index (χ0) is 14.7. The number of benzene rings is 1. The zero-order valence-corrected chi connectivity index (χ0v) is 11.4. The molecule has 0 amide bonds. The molecule has 0 unspecified atom stereocenters. The average Bonchev–Trinajstić information content (AvgIpc) is 3.00. The summed E-state index contributed by atoms with van der Waals surface area (Å²) in [6.07, 6.45) is 4.76. The van der Waals surface area contributed by atoms with Gasteiger partial charge in [0.2, 0.25) is 11.2 Å². The Morgan fingerprint density at radius 3 is 2.81 bits per heavy atom. The molecule has 0 saturated carbocycles. The summed E-state index contributed by atoms with van der Waals surface area (Å²) >= 11 is 5.83. The summed E-state index contributed by atoms with van der Waals surface area (Å²) in [5, 5.41) is -0.0165. The second-order valence-electron chi connectivity index (χ2n) is 4.04. The van der Waals surface area contributed by atoms with Crippen molar-refractivity contribution in [3.8, 4) is 12.0 Å². The number of aromatic nitrogens is 5. The van der Waals surface area contributed by atoms with Gasteiger partial charge in [0.05, 0.1) is 0 Å². The Hall–Kier alpha value is -2.54. The van der Waals surface area contributed by atoms with Gasteiger partial charge in [-0.2, -0.15) is 15.0 Å². The summed E-state index contributed by atoms with van der Waals surface area (Å²) in [6.45, 7) is -0.00359. The molecule has 0 aliphatic rings. The van der Waals surface area contributed by atoms with E-state index >= 15 is 0 Å². The van der Waals surface area contributed by atoms with Crippen molar-refractivity contribution in [2.24, 2.45) is 0 Å². The SMILES string of the molecule is Fc1ccccc1COc1nc(Cl)nc(-n2ccnc2)n1. The van der Waals surface area contributed by atoms with Gasteiger partial charge in [0.15, 0.2) is 0 Å². The first-order valence-electron chi connectivity index (χ1n) is 5.98. The number of imidazole rings is 1. The molecule has 21 heavy (non-hydrogen) atoms. The van der Waals surface area contributed by atoms with Gasteiger partial charge in [0.25, 0.3) is 0 Å². The Labute approximate surface area is 124 Å². The minimum absolute atomic E-state index is 0.00359. The molecule has 0 radical (unpaired) electrons. The molecule has 0 saturated heterocycles. The lowest BCUT2D eigenvalue weighted by atomic mass is 10.2. The van der Waals surface area contributed by atoms with Crippen molar-refractivity contribution in [1.82, 2.24) is 24.5 Å². The predicted molar refractivity (Wildman–Crippen MR) is 72.7 cm³/mol. The van der Waals surface area contributed by atoms with E-state index in [-0.39, 0.29) is 29.7 Å². The molecule has 0 fully saturated rings. The van der Waals surface area contributed by atoms with Crippen molar-refractivity contribution in [2.45, 2.75) is 6.61 Å². The lowest BCUT2D eigenvalue weighted by Gasteiger charge is -2.07. The van der Waals surface area contributed by atoms with Crippen LogP contribution in [0.25, 0.3) is 5.95 Å². The fraction of sp³-hybridized carbons (Fsp3) is 0.0769. The van der Waals surface area contributed by atoms with Crippen molar-refractivity contribution < 1.29 is 9.13 Å². The van der Waals surface area contributed by atoms with Gasteiger partial charge in [-0.25, -0.2) is 9.37 Å². The van der Waals surface area contributed by atoms with Crippen LogP contribution in [-0.2, 0) is 6.61 Å². The lowest BCUT2D eigenvalue weighted by Crippen LogP contribution is -2.06. The van der Waals surface area contributed by atoms with Gasteiger partial charge in [-0.05, 0) is 17.7 Å². The third-order valence-corrected chi connectivity index (χ3v) is 2.79. The van der Waals surface area contributed by atoms with Crippen LogP contribution in [0.5, 0.6) is 6.01 Å². The second-order valence-corrected chi connectivity index (χ2v) is 4.38. The third kappa shape index (κ3) is 3.14. The second kappa shape index (κ2) is 5.84. The van der Waals surface area contributed by atoms with Crippen LogP contribution in [0.2, 0.25) is 5.28 Å². The van der Waals surface area contributed by atoms with Crippen LogP contribution in [0, 0.1) is 5.82 Å². The van der Waals surface area contributed by atoms with E-state index in [4.69, 9.17) is 16.3 Å². The van der Waals surface area contributed by atoms with Crippen molar-refractivity contribution in [2.75, 3.05) is 0 Å². The van der Waals surface area contributed by atoms with E-state index in [9.17, 15) is 4.39 Å². The molecule has 106 valence electrons. The summed E-state index contributed by atoms with van der Waals surface area (Å²) < 4.78 is 20.4. The Balaban J connectivity index is 1.81. The summed E-state index contributed by atoms with van der Waals surface area (Å²) in [7, 11) is 0. The van der Waals surface area contributed by atoms with E-state index in [1.807, 2.05) is 0 Å². The molecule has 8 heteroatoms. The van der Waals surface area contributed by atoms with Crippen molar-refractivity contribution in [1.29, 1.82) is 0 Å². The molecule has 2 aromatic heterocycles. The Bertz CT molecular complexity index is 750. The number of nitrogens with zero attached hydrogens (tertiary/aromatic N) is 5. The summed E-state index contributed by atoms with van der Waals surface area (Å²) in [4.78, 5) is 15.8. The average molecular weight is 306 g/mol. The molecule has 2 heterocycles. The predicted octanol–water partition coefficient (Wildman–Crippen LogP) is 2.43. The first kappa shape index (κ1) is 13.4. The number of rotatable bonds is 4. The van der Waals surface area contributed by atoms with Gasteiger partial charge in [-0.15, -0.1) is 0 Å². The lowest BCUT2D eigenvalue weighted by molar-refractivity contribution is 0.274. The van der Waals surface area contributed by atoms with Crippen molar-refractivity contribution in [3.63, 3.8) is 0 Å². The standard InChI is InChI=1S/C13H9ClFN5O/c14-11-17-12(20-6-5-16-8-20)19-13(18-11)21-7-9-3-1-2-4-10(9)15/h1-6,8H,7H2. The Morgan fingerprint density at radius 1 is 1.19 bits per heavy atom. The minimum atomic E-state index is -0.354. The minimum Gasteiger partial charge on any atom is -0.458 e. The van der Waals surface area contributed by atoms with Gasteiger partial charge in [-0.1, -0.05) is 18.2 Å². The van der Waals surface area contributed by atoms with Crippen LogP contribution in [0.1, 0.15) is 5.56 Å². The van der Waals surface area contributed by atoms with Crippen molar-refractivity contribution in [3.05, 3.63) is 59.7 Å². The van der Waals surface area contributed by atoms with E-state index in [1.54, 1.807) is 35.2 Å². The highest BCUT2D eigenvalue weighted by molar-refractivity contribution is 6.28. The maximum absolute atomic E-state index is 13.5. The molecule has 6 nitrogen and oxygen atoms in total. The fourth-order valence-corrected chi connectivity index (χ4v) is 1.79. The molecule has 0 aliphatic carbocycles. The van der Waals surface area contributed by atoms with Crippen LogP contribution in [0.15, 0.2) is 43.0 Å². The van der Waals surface area contributed by atoms with Crippen LogP contribution in [-0.4, -0.2) is 24.5 Å². The maximum Gasteiger partial charge on any atom is 0.322 e. The van der Waals surface area contributed by atoms with Crippen LogP contribution < -0.4 is 4.74 Å². The van der Waals surface area contributed by atoms with E-state index in [0.29, 0.717) is 5.56 Å². The Kier molecular flexibility index (Phi) is 3.74. The fourth-order valence-electron chi connectivity index (χ4n) is 1.64. The zero-order valence-electron chi connectivity index (χ0n) is 10.6. The van der Waals surface area contributed by atoms with Crippen LogP contribution >= 0.6 is 11.6 Å². The van der Waals surface area contributed by atoms with Crippen LogP contribution in [0.3, 0.4) is 0 Å². The highest BCUT2D eigenvalue weighted by Gasteiger charge is 2.09. The Morgan fingerprint density at radius 2 is 2.05 bits per heavy atom. The quantitative estimate of drug-likeness (QED) is 0.740. The van der Waals surface area contributed by atoms with Gasteiger partial charge in [0.1, 0.15) is 18.8 Å².